The molecule has 0 heterocycles. The molecule has 0 aliphatic heterocycles. The van der Waals surface area contributed by atoms with E-state index in [0.29, 0.717) is 18.8 Å². The predicted molar refractivity (Wildman–Crippen MR) is 64.6 cm³/mol. The summed E-state index contributed by atoms with van der Waals surface area (Å²) in [6.45, 7) is 0. The molecule has 92 valence electrons. The minimum Gasteiger partial charge on any atom is -0.467 e. The number of methoxy groups -OCH3 is 1. The van der Waals surface area contributed by atoms with Crippen molar-refractivity contribution in [3.8, 4) is 0 Å². The first-order chi connectivity index (χ1) is 8.15. The third kappa shape index (κ3) is 2.50. The Morgan fingerprint density at radius 1 is 1.29 bits per heavy atom. The number of carbonyl (C=O) groups is 1. The third-order valence-electron chi connectivity index (χ3n) is 3.65. The molecule has 0 atom stereocenters. The molecule has 3 nitrogen and oxygen atoms in total. The van der Waals surface area contributed by atoms with Gasteiger partial charge in [-0.25, -0.2) is 4.79 Å². The summed E-state index contributed by atoms with van der Waals surface area (Å²) in [5.74, 6) is -0.0508. The van der Waals surface area contributed by atoms with Crippen LogP contribution >= 0.6 is 0 Å². The predicted octanol–water partition coefficient (Wildman–Crippen LogP) is 2.25. The Balaban J connectivity index is 2.01. The lowest BCUT2D eigenvalue weighted by molar-refractivity contribution is -0.166. The molecule has 1 aliphatic rings. The zero-order valence-electron chi connectivity index (χ0n) is 10.1. The smallest absolute Gasteiger partial charge is 0.337 e. The molecular weight excluding hydrogens is 216 g/mol. The summed E-state index contributed by atoms with van der Waals surface area (Å²) in [6.07, 6.45) is 2.63. The topological polar surface area (TPSA) is 46.5 Å². The van der Waals surface area contributed by atoms with Crippen LogP contribution in [0.15, 0.2) is 30.3 Å². The second-order valence-corrected chi connectivity index (χ2v) is 4.71. The second-order valence-electron chi connectivity index (χ2n) is 4.71. The molecular formula is C14H18O3. The highest BCUT2D eigenvalue weighted by Gasteiger charge is 2.41. The van der Waals surface area contributed by atoms with E-state index >= 15 is 0 Å². The second kappa shape index (κ2) is 4.88. The molecule has 1 aromatic rings. The normalized spacial score (nSPS) is 28.7. The van der Waals surface area contributed by atoms with Crippen LogP contribution in [0.1, 0.15) is 37.2 Å². The third-order valence-corrected chi connectivity index (χ3v) is 3.65. The fourth-order valence-corrected chi connectivity index (χ4v) is 2.55. The highest BCUT2D eigenvalue weighted by Crippen LogP contribution is 2.38. The van der Waals surface area contributed by atoms with Crippen LogP contribution in [-0.4, -0.2) is 23.8 Å². The molecule has 0 amide bonds. The van der Waals surface area contributed by atoms with E-state index in [-0.39, 0.29) is 0 Å². The van der Waals surface area contributed by atoms with Crippen LogP contribution in [0, 0.1) is 0 Å². The SMILES string of the molecule is COC(=O)C1(O)CCC(c2ccccc2)CC1. The van der Waals surface area contributed by atoms with Gasteiger partial charge in [-0.2, -0.15) is 0 Å². The summed E-state index contributed by atoms with van der Waals surface area (Å²) in [5.41, 5.74) is 0.0273. The van der Waals surface area contributed by atoms with E-state index in [0.717, 1.165) is 12.8 Å². The van der Waals surface area contributed by atoms with E-state index in [1.807, 2.05) is 18.2 Å². The summed E-state index contributed by atoms with van der Waals surface area (Å²) >= 11 is 0. The van der Waals surface area contributed by atoms with Gasteiger partial charge in [0.2, 0.25) is 0 Å². The molecule has 0 unspecified atom stereocenters. The van der Waals surface area contributed by atoms with Gasteiger partial charge in [-0.05, 0) is 37.2 Å². The van der Waals surface area contributed by atoms with E-state index in [2.05, 4.69) is 16.9 Å². The maximum Gasteiger partial charge on any atom is 0.337 e. The highest BCUT2D eigenvalue weighted by molar-refractivity contribution is 5.79. The molecule has 1 aromatic carbocycles. The molecule has 0 aromatic heterocycles. The molecule has 1 N–H and O–H groups in total. The van der Waals surface area contributed by atoms with Crippen molar-refractivity contribution in [3.63, 3.8) is 0 Å². The maximum atomic E-state index is 11.5. The summed E-state index contributed by atoms with van der Waals surface area (Å²) in [7, 11) is 1.32. The van der Waals surface area contributed by atoms with Gasteiger partial charge in [-0.15, -0.1) is 0 Å². The number of ether oxygens (including phenoxy) is 1. The highest BCUT2D eigenvalue weighted by atomic mass is 16.5. The number of hydrogen-bond acceptors (Lipinski definition) is 3. The van der Waals surface area contributed by atoms with Crippen molar-refractivity contribution in [2.45, 2.75) is 37.2 Å². The average molecular weight is 234 g/mol. The minimum atomic E-state index is -1.26. The summed E-state index contributed by atoms with van der Waals surface area (Å²) < 4.78 is 4.64. The van der Waals surface area contributed by atoms with Gasteiger partial charge >= 0.3 is 5.97 Å². The number of esters is 1. The number of benzene rings is 1. The van der Waals surface area contributed by atoms with Crippen LogP contribution in [0.3, 0.4) is 0 Å². The maximum absolute atomic E-state index is 11.5. The Labute approximate surface area is 101 Å². The fourth-order valence-electron chi connectivity index (χ4n) is 2.55. The Bertz CT molecular complexity index is 378. The Morgan fingerprint density at radius 3 is 2.41 bits per heavy atom. The van der Waals surface area contributed by atoms with E-state index < -0.39 is 11.6 Å². The van der Waals surface area contributed by atoms with Gasteiger partial charge in [-0.3, -0.25) is 0 Å². The van der Waals surface area contributed by atoms with Gasteiger partial charge < -0.3 is 9.84 Å². The van der Waals surface area contributed by atoms with Gasteiger partial charge in [0.05, 0.1) is 7.11 Å². The van der Waals surface area contributed by atoms with Crippen molar-refractivity contribution in [1.29, 1.82) is 0 Å². The Kier molecular flexibility index (Phi) is 3.48. The van der Waals surface area contributed by atoms with Crippen LogP contribution in [0.2, 0.25) is 0 Å². The molecule has 0 radical (unpaired) electrons. The van der Waals surface area contributed by atoms with Crippen molar-refractivity contribution in [3.05, 3.63) is 35.9 Å². The van der Waals surface area contributed by atoms with Crippen LogP contribution < -0.4 is 0 Å². The van der Waals surface area contributed by atoms with Crippen molar-refractivity contribution in [2.24, 2.45) is 0 Å². The van der Waals surface area contributed by atoms with Gasteiger partial charge in [-0.1, -0.05) is 30.3 Å². The molecule has 17 heavy (non-hydrogen) atoms. The van der Waals surface area contributed by atoms with E-state index in [1.165, 1.54) is 12.7 Å². The lowest BCUT2D eigenvalue weighted by atomic mass is 9.76. The van der Waals surface area contributed by atoms with E-state index in [9.17, 15) is 9.90 Å². The number of rotatable bonds is 2. The van der Waals surface area contributed by atoms with Crippen molar-refractivity contribution in [2.75, 3.05) is 7.11 Å². The summed E-state index contributed by atoms with van der Waals surface area (Å²) in [5, 5.41) is 10.1. The molecule has 1 fully saturated rings. The van der Waals surface area contributed by atoms with Crippen LogP contribution in [0.4, 0.5) is 0 Å². The first-order valence-electron chi connectivity index (χ1n) is 6.01. The van der Waals surface area contributed by atoms with Crippen LogP contribution in [-0.2, 0) is 9.53 Å². The first kappa shape index (κ1) is 12.1. The lowest BCUT2D eigenvalue weighted by Crippen LogP contribution is -2.42. The quantitative estimate of drug-likeness (QED) is 0.798. The Hall–Kier alpha value is -1.35. The number of hydrogen-bond donors (Lipinski definition) is 1. The molecule has 3 heteroatoms. The van der Waals surface area contributed by atoms with Crippen molar-refractivity contribution in [1.82, 2.24) is 0 Å². The molecule has 1 aliphatic carbocycles. The fraction of sp³-hybridized carbons (Fsp3) is 0.500. The van der Waals surface area contributed by atoms with Gasteiger partial charge in [0, 0.05) is 0 Å². The van der Waals surface area contributed by atoms with E-state index in [4.69, 9.17) is 0 Å². The van der Waals surface area contributed by atoms with Crippen LogP contribution in [0.5, 0.6) is 0 Å². The zero-order valence-corrected chi connectivity index (χ0v) is 10.1. The summed E-state index contributed by atoms with van der Waals surface area (Å²) in [4.78, 5) is 11.5. The lowest BCUT2D eigenvalue weighted by Gasteiger charge is -2.33. The summed E-state index contributed by atoms with van der Waals surface area (Å²) in [6, 6.07) is 10.3. The number of aliphatic hydroxyl groups is 1. The molecule has 0 bridgehead atoms. The van der Waals surface area contributed by atoms with Gasteiger partial charge in [0.1, 0.15) is 0 Å². The Morgan fingerprint density at radius 2 is 1.88 bits per heavy atom. The van der Waals surface area contributed by atoms with Gasteiger partial charge in [0.15, 0.2) is 5.60 Å². The first-order valence-corrected chi connectivity index (χ1v) is 6.01. The zero-order chi connectivity index (χ0) is 12.3. The average Bonchev–Trinajstić information content (AvgIpc) is 2.39. The van der Waals surface area contributed by atoms with Crippen LogP contribution in [0.25, 0.3) is 0 Å². The molecule has 1 saturated carbocycles. The van der Waals surface area contributed by atoms with Gasteiger partial charge in [0.25, 0.3) is 0 Å². The van der Waals surface area contributed by atoms with Crippen molar-refractivity contribution < 1.29 is 14.6 Å². The number of carbonyl (C=O) groups excluding carboxylic acids is 1. The minimum absolute atomic E-state index is 0.445. The molecule has 0 saturated heterocycles. The monoisotopic (exact) mass is 234 g/mol. The molecule has 2 rings (SSSR count). The van der Waals surface area contributed by atoms with E-state index in [1.54, 1.807) is 0 Å². The molecule has 0 spiro atoms. The largest absolute Gasteiger partial charge is 0.467 e. The standard InChI is InChI=1S/C14H18O3/c1-17-13(15)14(16)9-7-12(8-10-14)11-5-3-2-4-6-11/h2-6,12,16H,7-10H2,1H3. The van der Waals surface area contributed by atoms with Crippen molar-refractivity contribution >= 4 is 5.97 Å².